The number of hydrogen-bond acceptors (Lipinski definition) is 1. The van der Waals surface area contributed by atoms with Gasteiger partial charge in [-0.05, 0) is 38.2 Å². The molecule has 1 unspecified atom stereocenters. The first-order valence-corrected chi connectivity index (χ1v) is 6.19. The Morgan fingerprint density at radius 1 is 1.12 bits per heavy atom. The number of allylic oxidation sites excluding steroid dienone is 4. The lowest BCUT2D eigenvalue weighted by molar-refractivity contribution is -0.127. The lowest BCUT2D eigenvalue weighted by Gasteiger charge is -2.36. The second-order valence-electron chi connectivity index (χ2n) is 5.80. The number of carbonyl (C=O) groups excluding carboxylic acids is 1. The summed E-state index contributed by atoms with van der Waals surface area (Å²) in [5, 5.41) is 0. The van der Waals surface area contributed by atoms with E-state index >= 15 is 0 Å². The summed E-state index contributed by atoms with van der Waals surface area (Å²) in [4.78, 5) is 12.3. The van der Waals surface area contributed by atoms with E-state index in [4.69, 9.17) is 0 Å². The van der Waals surface area contributed by atoms with E-state index in [1.54, 1.807) is 6.08 Å². The molecule has 1 nitrogen and oxygen atoms in total. The highest BCUT2D eigenvalue weighted by Crippen LogP contribution is 2.53. The summed E-state index contributed by atoms with van der Waals surface area (Å²) in [6.07, 6.45) is 9.08. The molecule has 0 bridgehead atoms. The van der Waals surface area contributed by atoms with Crippen LogP contribution >= 0.6 is 0 Å². The Kier molecular flexibility index (Phi) is 3.77. The van der Waals surface area contributed by atoms with Crippen molar-refractivity contribution in [3.05, 3.63) is 23.8 Å². The highest BCUT2D eigenvalue weighted by molar-refractivity contribution is 5.95. The Hall–Kier alpha value is -0.850. The van der Waals surface area contributed by atoms with Crippen molar-refractivity contribution in [3.8, 4) is 0 Å². The maximum Gasteiger partial charge on any atom is 0.162 e. The second kappa shape index (κ2) is 4.57. The molecule has 1 aliphatic rings. The highest BCUT2D eigenvalue weighted by atomic mass is 16.1. The Morgan fingerprint density at radius 3 is 2.19 bits per heavy atom. The lowest BCUT2D eigenvalue weighted by Crippen LogP contribution is -2.36. The normalized spacial score (nSPS) is 29.9. The Labute approximate surface area is 99.6 Å². The second-order valence-corrected chi connectivity index (χ2v) is 5.80. The maximum absolute atomic E-state index is 12.3. The van der Waals surface area contributed by atoms with Crippen LogP contribution in [0.5, 0.6) is 0 Å². The van der Waals surface area contributed by atoms with Crippen molar-refractivity contribution in [2.75, 3.05) is 0 Å². The average Bonchev–Trinajstić information content (AvgIpc) is 2.50. The first kappa shape index (κ1) is 13.2. The van der Waals surface area contributed by atoms with E-state index in [0.717, 1.165) is 18.4 Å². The number of ketones is 1. The van der Waals surface area contributed by atoms with Gasteiger partial charge in [0.15, 0.2) is 5.78 Å². The van der Waals surface area contributed by atoms with Crippen molar-refractivity contribution in [2.24, 2.45) is 10.8 Å². The van der Waals surface area contributed by atoms with E-state index in [1.807, 2.05) is 26.0 Å². The zero-order chi connectivity index (χ0) is 12.4. The van der Waals surface area contributed by atoms with Gasteiger partial charge in [-0.3, -0.25) is 4.79 Å². The first-order chi connectivity index (χ1) is 7.33. The predicted molar refractivity (Wildman–Crippen MR) is 69.3 cm³/mol. The summed E-state index contributed by atoms with van der Waals surface area (Å²) in [5.41, 5.74) is 1.11. The van der Waals surface area contributed by atoms with Gasteiger partial charge in [-0.25, -0.2) is 0 Å². The third kappa shape index (κ3) is 2.28. The average molecular weight is 220 g/mol. The molecule has 0 aliphatic heterocycles. The van der Waals surface area contributed by atoms with Gasteiger partial charge in [-0.1, -0.05) is 44.9 Å². The van der Waals surface area contributed by atoms with Crippen LogP contribution in [0.2, 0.25) is 0 Å². The van der Waals surface area contributed by atoms with Crippen molar-refractivity contribution < 1.29 is 4.79 Å². The molecule has 0 aromatic rings. The smallest absolute Gasteiger partial charge is 0.162 e. The van der Waals surface area contributed by atoms with Crippen LogP contribution in [0.15, 0.2) is 23.8 Å². The van der Waals surface area contributed by atoms with E-state index < -0.39 is 0 Å². The molecule has 0 spiro atoms. The molecule has 0 aromatic carbocycles. The topological polar surface area (TPSA) is 17.1 Å². The van der Waals surface area contributed by atoms with E-state index in [-0.39, 0.29) is 16.6 Å². The maximum atomic E-state index is 12.3. The number of hydrogen-bond donors (Lipinski definition) is 0. The first-order valence-electron chi connectivity index (χ1n) is 6.19. The van der Waals surface area contributed by atoms with Gasteiger partial charge in [0.25, 0.3) is 0 Å². The summed E-state index contributed by atoms with van der Waals surface area (Å²) < 4.78 is 0. The molecule has 0 N–H and O–H groups in total. The minimum atomic E-state index is -0.169. The zero-order valence-corrected chi connectivity index (χ0v) is 11.3. The SMILES string of the molecule is C/C=C(C)/C=C/C(=O)C1(C)CCCC1(C)C. The van der Waals surface area contributed by atoms with Crippen molar-refractivity contribution in [1.29, 1.82) is 0 Å². The van der Waals surface area contributed by atoms with Crippen LogP contribution < -0.4 is 0 Å². The van der Waals surface area contributed by atoms with Crippen molar-refractivity contribution >= 4 is 5.78 Å². The van der Waals surface area contributed by atoms with Gasteiger partial charge >= 0.3 is 0 Å². The third-order valence-corrected chi connectivity index (χ3v) is 4.47. The van der Waals surface area contributed by atoms with Gasteiger partial charge in [-0.15, -0.1) is 0 Å². The van der Waals surface area contributed by atoms with E-state index in [0.29, 0.717) is 0 Å². The molecule has 16 heavy (non-hydrogen) atoms. The van der Waals surface area contributed by atoms with Crippen molar-refractivity contribution in [3.63, 3.8) is 0 Å². The molecule has 1 atom stereocenters. The van der Waals surface area contributed by atoms with Gasteiger partial charge in [0.1, 0.15) is 0 Å². The van der Waals surface area contributed by atoms with E-state index in [1.165, 1.54) is 6.42 Å². The molecule has 1 aliphatic carbocycles. The highest BCUT2D eigenvalue weighted by Gasteiger charge is 2.48. The fourth-order valence-corrected chi connectivity index (χ4v) is 2.44. The number of rotatable bonds is 3. The van der Waals surface area contributed by atoms with Crippen LogP contribution in [-0.2, 0) is 4.79 Å². The predicted octanol–water partition coefficient (Wildman–Crippen LogP) is 4.29. The fraction of sp³-hybridized carbons (Fsp3) is 0.667. The van der Waals surface area contributed by atoms with Crippen molar-refractivity contribution in [1.82, 2.24) is 0 Å². The molecule has 1 heteroatoms. The fourth-order valence-electron chi connectivity index (χ4n) is 2.44. The molecule has 90 valence electrons. The van der Waals surface area contributed by atoms with Gasteiger partial charge in [0.2, 0.25) is 0 Å². The molecule has 0 aromatic heterocycles. The minimum absolute atomic E-state index is 0.137. The minimum Gasteiger partial charge on any atom is -0.294 e. The largest absolute Gasteiger partial charge is 0.294 e. The molecular formula is C15H24O. The standard InChI is InChI=1S/C15H24O/c1-6-12(2)8-9-13(16)15(5)11-7-10-14(15,3)4/h6,8-9H,7,10-11H2,1-5H3/b9-8+,12-6+. The van der Waals surface area contributed by atoms with Crippen molar-refractivity contribution in [2.45, 2.75) is 53.9 Å². The Morgan fingerprint density at radius 2 is 1.75 bits per heavy atom. The van der Waals surface area contributed by atoms with E-state index in [9.17, 15) is 4.79 Å². The molecule has 1 saturated carbocycles. The summed E-state index contributed by atoms with van der Waals surface area (Å²) in [5.74, 6) is 0.288. The molecule has 0 amide bonds. The monoisotopic (exact) mass is 220 g/mol. The summed E-state index contributed by atoms with van der Waals surface area (Å²) >= 11 is 0. The molecule has 0 saturated heterocycles. The quantitative estimate of drug-likeness (QED) is 0.512. The van der Waals surface area contributed by atoms with Crippen LogP contribution in [0.3, 0.4) is 0 Å². The van der Waals surface area contributed by atoms with Crippen LogP contribution in [-0.4, -0.2) is 5.78 Å². The zero-order valence-electron chi connectivity index (χ0n) is 11.3. The Bertz CT molecular complexity index is 333. The van der Waals surface area contributed by atoms with Gasteiger partial charge in [0, 0.05) is 5.41 Å². The lowest BCUT2D eigenvalue weighted by atomic mass is 9.66. The molecule has 0 heterocycles. The van der Waals surface area contributed by atoms with Gasteiger partial charge in [-0.2, -0.15) is 0 Å². The molecular weight excluding hydrogens is 196 g/mol. The molecule has 0 radical (unpaired) electrons. The van der Waals surface area contributed by atoms with Crippen LogP contribution in [0.25, 0.3) is 0 Å². The van der Waals surface area contributed by atoms with E-state index in [2.05, 4.69) is 20.8 Å². The van der Waals surface area contributed by atoms with Gasteiger partial charge in [0.05, 0.1) is 0 Å². The van der Waals surface area contributed by atoms with Gasteiger partial charge < -0.3 is 0 Å². The summed E-state index contributed by atoms with van der Waals surface area (Å²) in [7, 11) is 0. The number of carbonyl (C=O) groups is 1. The summed E-state index contributed by atoms with van der Waals surface area (Å²) in [6, 6.07) is 0. The van der Waals surface area contributed by atoms with Crippen LogP contribution in [0.4, 0.5) is 0 Å². The Balaban J connectivity index is 2.85. The summed E-state index contributed by atoms with van der Waals surface area (Å²) in [6.45, 7) is 10.6. The van der Waals surface area contributed by atoms with Crippen LogP contribution in [0, 0.1) is 10.8 Å². The van der Waals surface area contributed by atoms with Crippen LogP contribution in [0.1, 0.15) is 53.9 Å². The molecule has 1 rings (SSSR count). The third-order valence-electron chi connectivity index (χ3n) is 4.47. The molecule has 1 fully saturated rings.